The number of carbonyl (C=O) groups is 1. The smallest absolute Gasteiger partial charge is 0.226 e. The van der Waals surface area contributed by atoms with E-state index in [1.807, 2.05) is 11.0 Å². The molecule has 110 valence electrons. The lowest BCUT2D eigenvalue weighted by molar-refractivity contribution is -0.131. The van der Waals surface area contributed by atoms with Gasteiger partial charge >= 0.3 is 0 Å². The predicted octanol–water partition coefficient (Wildman–Crippen LogP) is 4.56. The summed E-state index contributed by atoms with van der Waals surface area (Å²) < 4.78 is 0. The molecule has 20 heavy (non-hydrogen) atoms. The van der Waals surface area contributed by atoms with Crippen LogP contribution in [0.1, 0.15) is 25.3 Å². The number of nitrogens with zero attached hydrogens (tertiary/aromatic N) is 1. The molecule has 5 heteroatoms. The van der Waals surface area contributed by atoms with E-state index in [0.717, 1.165) is 31.5 Å². The highest BCUT2D eigenvalue weighted by atomic mass is 79.9. The normalized spacial score (nSPS) is 18.1. The van der Waals surface area contributed by atoms with Crippen molar-refractivity contribution in [1.82, 2.24) is 4.90 Å². The van der Waals surface area contributed by atoms with Crippen molar-refractivity contribution in [2.24, 2.45) is 5.92 Å². The Morgan fingerprint density at radius 2 is 2.00 bits per heavy atom. The van der Waals surface area contributed by atoms with Gasteiger partial charge in [0, 0.05) is 17.9 Å². The van der Waals surface area contributed by atoms with Crippen molar-refractivity contribution in [2.45, 2.75) is 31.0 Å². The summed E-state index contributed by atoms with van der Waals surface area (Å²) in [6.45, 7) is 3.87. The van der Waals surface area contributed by atoms with Gasteiger partial charge in [0.2, 0.25) is 5.91 Å². The lowest BCUT2D eigenvalue weighted by Gasteiger charge is -2.33. The maximum absolute atomic E-state index is 12.3. The van der Waals surface area contributed by atoms with Crippen molar-refractivity contribution < 1.29 is 4.79 Å². The third-order valence-electron chi connectivity index (χ3n) is 3.88. The van der Waals surface area contributed by atoms with Crippen LogP contribution in [0, 0.1) is 5.92 Å². The SMILES string of the molecule is CC(Br)C1CCN(C(=O)Cc2ccc(Cl)c(Cl)c2)CC1. The molecule has 1 aromatic rings. The third-order valence-corrected chi connectivity index (χ3v) is 5.37. The minimum Gasteiger partial charge on any atom is -0.342 e. The number of likely N-dealkylation sites (tertiary alicyclic amines) is 1. The molecular weight excluding hydrogens is 361 g/mol. The molecule has 1 aromatic carbocycles. The second kappa shape index (κ2) is 7.15. The first-order valence-electron chi connectivity index (χ1n) is 6.83. The maximum Gasteiger partial charge on any atom is 0.226 e. The van der Waals surface area contributed by atoms with E-state index in [1.54, 1.807) is 12.1 Å². The van der Waals surface area contributed by atoms with Crippen molar-refractivity contribution >= 4 is 45.0 Å². The van der Waals surface area contributed by atoms with Crippen LogP contribution < -0.4 is 0 Å². The second-order valence-corrected chi connectivity index (χ2v) is 7.58. The number of rotatable bonds is 3. The fourth-order valence-electron chi connectivity index (χ4n) is 2.54. The number of benzene rings is 1. The van der Waals surface area contributed by atoms with Crippen LogP contribution in [0.15, 0.2) is 18.2 Å². The molecule has 2 nitrogen and oxygen atoms in total. The zero-order chi connectivity index (χ0) is 14.7. The van der Waals surface area contributed by atoms with Crippen LogP contribution in [0.4, 0.5) is 0 Å². The highest BCUT2D eigenvalue weighted by molar-refractivity contribution is 9.09. The van der Waals surface area contributed by atoms with Crippen LogP contribution in [0.2, 0.25) is 10.0 Å². The van der Waals surface area contributed by atoms with Gasteiger partial charge < -0.3 is 4.90 Å². The Morgan fingerprint density at radius 3 is 2.55 bits per heavy atom. The van der Waals surface area contributed by atoms with Gasteiger partial charge in [-0.2, -0.15) is 0 Å². The average molecular weight is 379 g/mol. The molecule has 1 aliphatic rings. The first-order valence-corrected chi connectivity index (χ1v) is 8.50. The summed E-state index contributed by atoms with van der Waals surface area (Å²) >= 11 is 15.5. The summed E-state index contributed by atoms with van der Waals surface area (Å²) in [7, 11) is 0. The largest absolute Gasteiger partial charge is 0.342 e. The minimum absolute atomic E-state index is 0.170. The summed E-state index contributed by atoms with van der Waals surface area (Å²) in [6.07, 6.45) is 2.53. The molecule has 0 bridgehead atoms. The lowest BCUT2D eigenvalue weighted by Crippen LogP contribution is -2.40. The van der Waals surface area contributed by atoms with Crippen LogP contribution >= 0.6 is 39.1 Å². The van der Waals surface area contributed by atoms with Gasteiger partial charge in [0.15, 0.2) is 0 Å². The van der Waals surface area contributed by atoms with Gasteiger partial charge in [-0.25, -0.2) is 0 Å². The Balaban J connectivity index is 1.91. The van der Waals surface area contributed by atoms with Crippen LogP contribution in [0.5, 0.6) is 0 Å². The first kappa shape index (κ1) is 16.1. The quantitative estimate of drug-likeness (QED) is 0.706. The Kier molecular flexibility index (Phi) is 5.76. The summed E-state index contributed by atoms with van der Waals surface area (Å²) in [6, 6.07) is 5.37. The van der Waals surface area contributed by atoms with Gasteiger partial charge in [-0.3, -0.25) is 4.79 Å². The number of hydrogen-bond acceptors (Lipinski definition) is 1. The summed E-state index contributed by atoms with van der Waals surface area (Å²) in [5, 5.41) is 1.03. The first-order chi connectivity index (χ1) is 9.47. The standard InChI is InChI=1S/C15H18BrCl2NO/c1-10(16)12-4-6-19(7-5-12)15(20)9-11-2-3-13(17)14(18)8-11/h2-3,8,10,12H,4-7,9H2,1H3. The summed E-state index contributed by atoms with van der Waals surface area (Å²) in [4.78, 5) is 14.8. The van der Waals surface area contributed by atoms with Gasteiger partial charge in [0.05, 0.1) is 16.5 Å². The number of amides is 1. The highest BCUT2D eigenvalue weighted by Gasteiger charge is 2.25. The van der Waals surface area contributed by atoms with E-state index in [-0.39, 0.29) is 5.91 Å². The molecule has 2 rings (SSSR count). The molecule has 0 aromatic heterocycles. The molecule has 1 unspecified atom stereocenters. The predicted molar refractivity (Wildman–Crippen MR) is 87.9 cm³/mol. The van der Waals surface area contributed by atoms with Crippen LogP contribution in [-0.2, 0) is 11.2 Å². The molecule has 0 N–H and O–H groups in total. The molecule has 0 spiro atoms. The highest BCUT2D eigenvalue weighted by Crippen LogP contribution is 2.26. The van der Waals surface area contributed by atoms with E-state index >= 15 is 0 Å². The summed E-state index contributed by atoms with van der Waals surface area (Å²) in [5.41, 5.74) is 0.917. The molecule has 1 aliphatic heterocycles. The maximum atomic E-state index is 12.3. The van der Waals surface area contributed by atoms with E-state index in [9.17, 15) is 4.79 Å². The number of piperidine rings is 1. The molecule has 1 fully saturated rings. The van der Waals surface area contributed by atoms with E-state index in [0.29, 0.717) is 27.2 Å². The molecule has 1 heterocycles. The van der Waals surface area contributed by atoms with Crippen molar-refractivity contribution in [2.75, 3.05) is 13.1 Å². The molecular formula is C15H18BrCl2NO. The Bertz CT molecular complexity index is 485. The molecule has 0 saturated carbocycles. The number of halogens is 3. The van der Waals surface area contributed by atoms with Crippen molar-refractivity contribution in [3.05, 3.63) is 33.8 Å². The zero-order valence-electron chi connectivity index (χ0n) is 11.4. The van der Waals surface area contributed by atoms with Gasteiger partial charge in [0.25, 0.3) is 0 Å². The molecule has 1 saturated heterocycles. The van der Waals surface area contributed by atoms with Crippen molar-refractivity contribution in [3.8, 4) is 0 Å². The van der Waals surface area contributed by atoms with Crippen LogP contribution in [-0.4, -0.2) is 28.7 Å². The van der Waals surface area contributed by atoms with Gasteiger partial charge in [-0.15, -0.1) is 0 Å². The van der Waals surface area contributed by atoms with E-state index in [4.69, 9.17) is 23.2 Å². The van der Waals surface area contributed by atoms with Crippen molar-refractivity contribution in [3.63, 3.8) is 0 Å². The van der Waals surface area contributed by atoms with Gasteiger partial charge in [0.1, 0.15) is 0 Å². The van der Waals surface area contributed by atoms with Crippen LogP contribution in [0.3, 0.4) is 0 Å². The molecule has 0 radical (unpaired) electrons. The lowest BCUT2D eigenvalue weighted by atomic mass is 9.94. The zero-order valence-corrected chi connectivity index (χ0v) is 14.5. The molecule has 1 atom stereocenters. The Labute approximate surface area is 138 Å². The van der Waals surface area contributed by atoms with E-state index in [1.165, 1.54) is 0 Å². The number of carbonyl (C=O) groups excluding carboxylic acids is 1. The molecule has 1 amide bonds. The topological polar surface area (TPSA) is 20.3 Å². The fourth-order valence-corrected chi connectivity index (χ4v) is 3.39. The fraction of sp³-hybridized carbons (Fsp3) is 0.533. The van der Waals surface area contributed by atoms with Gasteiger partial charge in [-0.05, 0) is 36.5 Å². The number of hydrogen-bond donors (Lipinski definition) is 0. The Morgan fingerprint density at radius 1 is 1.35 bits per heavy atom. The average Bonchev–Trinajstić information content (AvgIpc) is 2.43. The molecule has 0 aliphatic carbocycles. The summed E-state index contributed by atoms with van der Waals surface area (Å²) in [5.74, 6) is 0.841. The number of alkyl halides is 1. The Hall–Kier alpha value is -0.250. The monoisotopic (exact) mass is 377 g/mol. The van der Waals surface area contributed by atoms with Gasteiger partial charge in [-0.1, -0.05) is 52.1 Å². The van der Waals surface area contributed by atoms with E-state index in [2.05, 4.69) is 22.9 Å². The van der Waals surface area contributed by atoms with Crippen LogP contribution in [0.25, 0.3) is 0 Å². The third kappa shape index (κ3) is 4.12. The van der Waals surface area contributed by atoms with Crippen molar-refractivity contribution in [1.29, 1.82) is 0 Å². The minimum atomic E-state index is 0.170. The van der Waals surface area contributed by atoms with E-state index < -0.39 is 0 Å². The second-order valence-electron chi connectivity index (χ2n) is 5.32.